The number of aromatic nitrogens is 1. The van der Waals surface area contributed by atoms with Gasteiger partial charge in [-0.2, -0.15) is 4.31 Å². The van der Waals surface area contributed by atoms with E-state index in [9.17, 15) is 8.42 Å². The molecule has 2 heterocycles. The Morgan fingerprint density at radius 1 is 1.37 bits per heavy atom. The predicted molar refractivity (Wildman–Crippen MR) is 76.7 cm³/mol. The van der Waals surface area contributed by atoms with Crippen molar-refractivity contribution in [2.24, 2.45) is 18.9 Å². The van der Waals surface area contributed by atoms with E-state index in [1.807, 2.05) is 7.05 Å². The Bertz CT molecular complexity index is 553. The van der Waals surface area contributed by atoms with Crippen LogP contribution in [-0.2, 0) is 23.0 Å². The first-order valence-electron chi connectivity index (χ1n) is 6.57. The molecular formula is C13H21ClN2O2S. The Kier molecular flexibility index (Phi) is 4.28. The molecule has 0 radical (unpaired) electrons. The van der Waals surface area contributed by atoms with Crippen LogP contribution in [0.15, 0.2) is 17.2 Å². The lowest BCUT2D eigenvalue weighted by Crippen LogP contribution is -2.42. The van der Waals surface area contributed by atoms with Gasteiger partial charge in [-0.1, -0.05) is 13.8 Å². The summed E-state index contributed by atoms with van der Waals surface area (Å²) in [5.74, 6) is 1.31. The van der Waals surface area contributed by atoms with Crippen LogP contribution in [0.3, 0.4) is 0 Å². The molecule has 1 aromatic heterocycles. The summed E-state index contributed by atoms with van der Waals surface area (Å²) in [6.07, 6.45) is 2.57. The van der Waals surface area contributed by atoms with E-state index in [1.54, 1.807) is 21.1 Å². The van der Waals surface area contributed by atoms with E-state index >= 15 is 0 Å². The molecule has 1 aromatic rings. The van der Waals surface area contributed by atoms with Gasteiger partial charge in [-0.3, -0.25) is 0 Å². The Labute approximate surface area is 120 Å². The first-order chi connectivity index (χ1) is 8.86. The van der Waals surface area contributed by atoms with E-state index in [2.05, 4.69) is 13.8 Å². The number of rotatable bonds is 3. The van der Waals surface area contributed by atoms with E-state index in [4.69, 9.17) is 11.6 Å². The van der Waals surface area contributed by atoms with Crippen molar-refractivity contribution in [1.82, 2.24) is 8.87 Å². The predicted octanol–water partition coefficient (Wildman–Crippen LogP) is 2.43. The van der Waals surface area contributed by atoms with Gasteiger partial charge in [0.1, 0.15) is 4.90 Å². The molecule has 0 N–H and O–H groups in total. The maximum atomic E-state index is 12.6. The van der Waals surface area contributed by atoms with Crippen LogP contribution in [0.5, 0.6) is 0 Å². The molecule has 1 saturated heterocycles. The van der Waals surface area contributed by atoms with Crippen LogP contribution in [0, 0.1) is 11.8 Å². The molecule has 2 rings (SSSR count). The second kappa shape index (κ2) is 5.46. The quantitative estimate of drug-likeness (QED) is 0.805. The number of piperidine rings is 1. The minimum Gasteiger partial charge on any atom is -0.352 e. The van der Waals surface area contributed by atoms with Crippen molar-refractivity contribution in [1.29, 1.82) is 0 Å². The average molecular weight is 305 g/mol. The lowest BCUT2D eigenvalue weighted by Gasteiger charge is -2.34. The minimum absolute atomic E-state index is 0.319. The van der Waals surface area contributed by atoms with Crippen LogP contribution in [-0.4, -0.2) is 30.4 Å². The highest BCUT2D eigenvalue weighted by atomic mass is 35.5. The summed E-state index contributed by atoms with van der Waals surface area (Å²) in [4.78, 5) is 0.354. The Morgan fingerprint density at radius 3 is 2.58 bits per heavy atom. The van der Waals surface area contributed by atoms with Gasteiger partial charge in [0.2, 0.25) is 10.0 Å². The van der Waals surface area contributed by atoms with E-state index in [0.717, 1.165) is 12.1 Å². The molecule has 0 amide bonds. The zero-order chi connectivity index (χ0) is 14.2. The number of hydrogen-bond donors (Lipinski definition) is 0. The van der Waals surface area contributed by atoms with Crippen LogP contribution < -0.4 is 0 Å². The molecule has 0 aromatic carbocycles. The highest BCUT2D eigenvalue weighted by molar-refractivity contribution is 7.89. The number of nitrogens with zero attached hydrogens (tertiary/aromatic N) is 2. The Balaban J connectivity index is 2.27. The summed E-state index contributed by atoms with van der Waals surface area (Å²) in [7, 11) is -1.56. The molecule has 1 aliphatic heterocycles. The van der Waals surface area contributed by atoms with Gasteiger partial charge in [0, 0.05) is 32.0 Å². The van der Waals surface area contributed by atoms with Crippen molar-refractivity contribution < 1.29 is 8.42 Å². The highest BCUT2D eigenvalue weighted by Crippen LogP contribution is 2.28. The fraction of sp³-hybridized carbons (Fsp3) is 0.692. The number of hydrogen-bond acceptors (Lipinski definition) is 2. The number of alkyl halides is 1. The fourth-order valence-corrected chi connectivity index (χ4v) is 4.36. The normalized spacial score (nSPS) is 25.7. The summed E-state index contributed by atoms with van der Waals surface area (Å²) in [5.41, 5.74) is 0.818. The van der Waals surface area contributed by atoms with Crippen molar-refractivity contribution in [2.75, 3.05) is 13.1 Å². The van der Waals surface area contributed by atoms with Gasteiger partial charge in [-0.25, -0.2) is 8.42 Å². The van der Waals surface area contributed by atoms with Crippen LogP contribution >= 0.6 is 11.6 Å². The van der Waals surface area contributed by atoms with Gasteiger partial charge < -0.3 is 4.57 Å². The van der Waals surface area contributed by atoms with Crippen molar-refractivity contribution in [3.05, 3.63) is 18.0 Å². The standard InChI is InChI=1S/C13H21ClN2O2S/c1-10-4-5-16(8-11(10)2)19(17,18)13-6-12(7-14)15(3)9-13/h6,9-11H,4-5,7-8H2,1-3H3. The van der Waals surface area contributed by atoms with E-state index in [1.165, 1.54) is 0 Å². The second-order valence-corrected chi connectivity index (χ2v) is 7.72. The Hall–Kier alpha value is -0.520. The zero-order valence-corrected chi connectivity index (χ0v) is 13.2. The first kappa shape index (κ1) is 14.9. The molecule has 1 fully saturated rings. The smallest absolute Gasteiger partial charge is 0.244 e. The zero-order valence-electron chi connectivity index (χ0n) is 11.6. The van der Waals surface area contributed by atoms with Gasteiger partial charge in [0.05, 0.1) is 5.88 Å². The van der Waals surface area contributed by atoms with Crippen molar-refractivity contribution >= 4 is 21.6 Å². The highest BCUT2D eigenvalue weighted by Gasteiger charge is 2.32. The lowest BCUT2D eigenvalue weighted by molar-refractivity contribution is 0.212. The maximum Gasteiger partial charge on any atom is 0.244 e. The molecule has 4 nitrogen and oxygen atoms in total. The molecule has 108 valence electrons. The molecule has 1 aliphatic rings. The third kappa shape index (κ3) is 2.83. The lowest BCUT2D eigenvalue weighted by atomic mass is 9.90. The molecule has 0 saturated carbocycles. The van der Waals surface area contributed by atoms with Gasteiger partial charge in [0.25, 0.3) is 0 Å². The summed E-state index contributed by atoms with van der Waals surface area (Å²) >= 11 is 5.79. The van der Waals surface area contributed by atoms with Gasteiger partial charge in [0.15, 0.2) is 0 Å². The molecule has 0 aliphatic carbocycles. The van der Waals surface area contributed by atoms with Crippen LogP contribution in [0.2, 0.25) is 0 Å². The first-order valence-corrected chi connectivity index (χ1v) is 8.55. The monoisotopic (exact) mass is 304 g/mol. The summed E-state index contributed by atoms with van der Waals surface area (Å²) in [5, 5.41) is 0. The molecule has 6 heteroatoms. The fourth-order valence-electron chi connectivity index (χ4n) is 2.44. The van der Waals surface area contributed by atoms with E-state index in [0.29, 0.717) is 35.7 Å². The third-order valence-corrected chi connectivity index (χ3v) is 6.26. The van der Waals surface area contributed by atoms with Crippen molar-refractivity contribution in [2.45, 2.75) is 31.0 Å². The molecule has 0 bridgehead atoms. The van der Waals surface area contributed by atoms with Crippen LogP contribution in [0.4, 0.5) is 0 Å². The van der Waals surface area contributed by atoms with E-state index in [-0.39, 0.29) is 0 Å². The summed E-state index contributed by atoms with van der Waals surface area (Å²) < 4.78 is 28.6. The average Bonchev–Trinajstić information content (AvgIpc) is 2.74. The molecule has 0 spiro atoms. The molecule has 2 unspecified atom stereocenters. The third-order valence-electron chi connectivity index (χ3n) is 4.15. The second-order valence-electron chi connectivity index (χ2n) is 5.52. The summed E-state index contributed by atoms with van der Waals surface area (Å²) in [6, 6.07) is 1.67. The topological polar surface area (TPSA) is 42.3 Å². The largest absolute Gasteiger partial charge is 0.352 e. The SMILES string of the molecule is CC1CCN(S(=O)(=O)c2cc(CCl)n(C)c2)CC1C. The van der Waals surface area contributed by atoms with Gasteiger partial charge >= 0.3 is 0 Å². The number of sulfonamides is 1. The van der Waals surface area contributed by atoms with E-state index < -0.39 is 10.0 Å². The number of aryl methyl sites for hydroxylation is 1. The van der Waals surface area contributed by atoms with Crippen molar-refractivity contribution in [3.63, 3.8) is 0 Å². The number of halogens is 1. The van der Waals surface area contributed by atoms with Crippen LogP contribution in [0.1, 0.15) is 26.0 Å². The minimum atomic E-state index is -3.38. The summed E-state index contributed by atoms with van der Waals surface area (Å²) in [6.45, 7) is 5.51. The Morgan fingerprint density at radius 2 is 2.05 bits per heavy atom. The molecule has 19 heavy (non-hydrogen) atoms. The van der Waals surface area contributed by atoms with Crippen LogP contribution in [0.25, 0.3) is 0 Å². The molecule has 2 atom stereocenters. The molecular weight excluding hydrogens is 284 g/mol. The van der Waals surface area contributed by atoms with Crippen molar-refractivity contribution in [3.8, 4) is 0 Å². The van der Waals surface area contributed by atoms with Gasteiger partial charge in [-0.05, 0) is 24.3 Å². The maximum absolute atomic E-state index is 12.6. The van der Waals surface area contributed by atoms with Gasteiger partial charge in [-0.15, -0.1) is 11.6 Å².